The minimum Gasteiger partial charge on any atom is -0.488 e. The Labute approximate surface area is 320 Å². The fraction of sp³-hybridized carbons (Fsp3) is 0.513. The molecule has 2 aliphatic carbocycles. The fourth-order valence-electron chi connectivity index (χ4n) is 9.50. The third-order valence-electron chi connectivity index (χ3n) is 12.6. The quantitative estimate of drug-likeness (QED) is 0.201. The largest absolute Gasteiger partial charge is 0.488 e. The van der Waals surface area contributed by atoms with E-state index in [1.807, 2.05) is 18.2 Å². The molecule has 1 atom stereocenters. The second kappa shape index (κ2) is 14.2. The lowest BCUT2D eigenvalue weighted by Gasteiger charge is -2.52. The number of aryl methyl sites for hydroxylation is 1. The van der Waals surface area contributed by atoms with E-state index in [1.54, 1.807) is 30.2 Å². The molecule has 1 aromatic carbocycles. The molecule has 3 amide bonds. The minimum absolute atomic E-state index is 0.000164. The summed E-state index contributed by atoms with van der Waals surface area (Å²) in [5.41, 5.74) is 1.29. The molecule has 2 saturated heterocycles. The van der Waals surface area contributed by atoms with Gasteiger partial charge in [-0.1, -0.05) is 6.07 Å². The van der Waals surface area contributed by atoms with Gasteiger partial charge in [-0.3, -0.25) is 33.5 Å². The van der Waals surface area contributed by atoms with Crippen LogP contribution in [0, 0.1) is 11.3 Å². The molecule has 0 bridgehead atoms. The van der Waals surface area contributed by atoms with Crippen molar-refractivity contribution in [3.8, 4) is 5.75 Å². The van der Waals surface area contributed by atoms with Crippen LogP contribution in [-0.4, -0.2) is 81.9 Å². The summed E-state index contributed by atoms with van der Waals surface area (Å²) in [4.78, 5) is 57.5. The standard InChI is InChI=1S/C39H44F2N10O5/c1-47-33-28(51(38(47)55)29-10-11-31(52)45-37(29)54)4-2-5-30(33)56-25-18-39(19-25)12-16-48(17-13-39)21-23-6-8-24(9-7-23)50-22-27(32(46-50)34(40)41)44-36(53)26-20-43-49-15-3-14-42-35(26)49/h2-5,14-15,20,22-25,29,34H,6-13,16-19,21H2,1H3,(H,44,53)(H,45,52,54)/t23-,24-,29?. The summed E-state index contributed by atoms with van der Waals surface area (Å²) < 4.78 is 40.7. The number of alkyl halides is 2. The monoisotopic (exact) mass is 770 g/mol. The summed E-state index contributed by atoms with van der Waals surface area (Å²) in [5.74, 6) is -0.203. The molecule has 2 aliphatic heterocycles. The van der Waals surface area contributed by atoms with Gasteiger partial charge in [0.15, 0.2) is 11.3 Å². The molecule has 0 radical (unpaired) electrons. The van der Waals surface area contributed by atoms with Crippen molar-refractivity contribution in [3.05, 3.63) is 70.8 Å². The van der Waals surface area contributed by atoms with Crippen LogP contribution in [0.1, 0.15) is 98.8 Å². The topological polar surface area (TPSA) is 163 Å². The van der Waals surface area contributed by atoms with E-state index < -0.39 is 30.0 Å². The van der Waals surface area contributed by atoms with Gasteiger partial charge in [-0.2, -0.15) is 10.2 Å². The summed E-state index contributed by atoms with van der Waals surface area (Å²) in [6, 6.07) is 6.46. The van der Waals surface area contributed by atoms with Crippen molar-refractivity contribution in [2.45, 2.75) is 88.8 Å². The van der Waals surface area contributed by atoms with Crippen molar-refractivity contribution in [2.24, 2.45) is 18.4 Å². The van der Waals surface area contributed by atoms with Gasteiger partial charge >= 0.3 is 5.69 Å². The Bertz CT molecular complexity index is 2380. The lowest BCUT2D eigenvalue weighted by molar-refractivity contribution is -0.135. The number of amides is 3. The molecule has 2 N–H and O–H groups in total. The average molecular weight is 771 g/mol. The first-order chi connectivity index (χ1) is 27.1. The highest BCUT2D eigenvalue weighted by atomic mass is 19.3. The molecule has 9 rings (SSSR count). The number of imide groups is 1. The van der Waals surface area contributed by atoms with Crippen molar-refractivity contribution in [3.63, 3.8) is 0 Å². The molecule has 1 spiro atoms. The maximum atomic E-state index is 14.0. The Kier molecular flexibility index (Phi) is 9.21. The third-order valence-corrected chi connectivity index (χ3v) is 12.6. The second-order valence-corrected chi connectivity index (χ2v) is 16.0. The number of nitrogens with zero attached hydrogens (tertiary/aromatic N) is 8. The molecule has 15 nitrogen and oxygen atoms in total. The molecule has 17 heteroatoms. The number of rotatable bonds is 9. The van der Waals surface area contributed by atoms with Gasteiger partial charge in [0.25, 0.3) is 12.3 Å². The fourth-order valence-corrected chi connectivity index (χ4v) is 9.50. The predicted molar refractivity (Wildman–Crippen MR) is 199 cm³/mol. The number of hydrogen-bond acceptors (Lipinski definition) is 9. The Hall–Kier alpha value is -5.45. The SMILES string of the molecule is Cn1c(=O)n(C2CCC(=O)NC2=O)c2cccc(OC3CC4(CCN(C[C@H]5CC[C@H](n6cc(NC(=O)c7cnn8cccnc78)c(C(F)F)n6)CC5)CC4)C3)c21. The molecule has 294 valence electrons. The van der Waals surface area contributed by atoms with Crippen LogP contribution in [0.5, 0.6) is 5.75 Å². The summed E-state index contributed by atoms with van der Waals surface area (Å²) in [6.45, 7) is 3.06. The van der Waals surface area contributed by atoms with E-state index in [9.17, 15) is 28.0 Å². The van der Waals surface area contributed by atoms with Gasteiger partial charge in [0.2, 0.25) is 11.8 Å². The molecular weight excluding hydrogens is 726 g/mol. The lowest BCUT2D eigenvalue weighted by Crippen LogP contribution is -2.51. The normalized spacial score (nSPS) is 23.2. The number of para-hydroxylation sites is 1. The number of piperidine rings is 2. The van der Waals surface area contributed by atoms with Gasteiger partial charge < -0.3 is 15.0 Å². The van der Waals surface area contributed by atoms with Crippen LogP contribution < -0.4 is 21.1 Å². The molecule has 56 heavy (non-hydrogen) atoms. The van der Waals surface area contributed by atoms with Crippen LogP contribution in [0.4, 0.5) is 14.5 Å². The van der Waals surface area contributed by atoms with Crippen molar-refractivity contribution in [1.29, 1.82) is 0 Å². The summed E-state index contributed by atoms with van der Waals surface area (Å²) in [6.07, 6.45) is 11.5. The molecule has 2 saturated carbocycles. The van der Waals surface area contributed by atoms with E-state index in [0.717, 1.165) is 71.0 Å². The van der Waals surface area contributed by atoms with Gasteiger partial charge in [-0.25, -0.2) is 23.1 Å². The number of imidazole rings is 1. The number of nitrogens with one attached hydrogen (secondary N) is 2. The van der Waals surface area contributed by atoms with Gasteiger partial charge in [-0.15, -0.1) is 0 Å². The maximum absolute atomic E-state index is 14.0. The third kappa shape index (κ3) is 6.54. The van der Waals surface area contributed by atoms with Crippen molar-refractivity contribution >= 4 is 40.1 Å². The number of carbonyl (C=O) groups is 3. The average Bonchev–Trinajstić information content (AvgIpc) is 3.87. The number of hydrogen-bond donors (Lipinski definition) is 2. The molecule has 4 aliphatic rings. The van der Waals surface area contributed by atoms with E-state index in [4.69, 9.17) is 4.74 Å². The van der Waals surface area contributed by atoms with Gasteiger partial charge in [0.1, 0.15) is 22.9 Å². The zero-order chi connectivity index (χ0) is 38.7. The molecule has 6 heterocycles. The number of carbonyl (C=O) groups excluding carboxylic acids is 3. The number of ether oxygens (including phenoxy) is 1. The highest BCUT2D eigenvalue weighted by molar-refractivity contribution is 6.08. The maximum Gasteiger partial charge on any atom is 0.329 e. The lowest BCUT2D eigenvalue weighted by atomic mass is 9.61. The highest BCUT2D eigenvalue weighted by Gasteiger charge is 2.47. The van der Waals surface area contributed by atoms with E-state index >= 15 is 0 Å². The Morgan fingerprint density at radius 3 is 2.61 bits per heavy atom. The van der Waals surface area contributed by atoms with Crippen LogP contribution in [0.2, 0.25) is 0 Å². The van der Waals surface area contributed by atoms with Crippen LogP contribution >= 0.6 is 0 Å². The molecule has 1 unspecified atom stereocenters. The van der Waals surface area contributed by atoms with Crippen molar-refractivity contribution in [1.82, 2.24) is 43.7 Å². The summed E-state index contributed by atoms with van der Waals surface area (Å²) in [5, 5.41) is 13.3. The first-order valence-corrected chi connectivity index (χ1v) is 19.5. The number of halogens is 2. The first kappa shape index (κ1) is 36.2. The number of likely N-dealkylation sites (tertiary alicyclic amines) is 1. The molecular formula is C39H44F2N10O5. The number of benzene rings is 1. The van der Waals surface area contributed by atoms with E-state index in [-0.39, 0.29) is 53.3 Å². The van der Waals surface area contributed by atoms with Crippen LogP contribution in [0.15, 0.2) is 53.8 Å². The first-order valence-electron chi connectivity index (χ1n) is 19.5. The van der Waals surface area contributed by atoms with E-state index in [1.165, 1.54) is 26.0 Å². The Morgan fingerprint density at radius 2 is 1.86 bits per heavy atom. The Morgan fingerprint density at radius 1 is 1.07 bits per heavy atom. The van der Waals surface area contributed by atoms with Gasteiger partial charge in [-0.05, 0) is 100 Å². The van der Waals surface area contributed by atoms with Crippen LogP contribution in [-0.2, 0) is 16.6 Å². The van der Waals surface area contributed by atoms with Crippen molar-refractivity contribution < 1.29 is 27.9 Å². The van der Waals surface area contributed by atoms with E-state index in [2.05, 4.69) is 30.7 Å². The van der Waals surface area contributed by atoms with Crippen LogP contribution in [0.25, 0.3) is 16.7 Å². The minimum atomic E-state index is -2.84. The summed E-state index contributed by atoms with van der Waals surface area (Å²) >= 11 is 0. The van der Waals surface area contributed by atoms with Crippen molar-refractivity contribution in [2.75, 3.05) is 25.0 Å². The zero-order valence-corrected chi connectivity index (χ0v) is 31.1. The number of aromatic nitrogens is 7. The zero-order valence-electron chi connectivity index (χ0n) is 31.1. The van der Waals surface area contributed by atoms with E-state index in [0.29, 0.717) is 28.3 Å². The van der Waals surface area contributed by atoms with Gasteiger partial charge in [0, 0.05) is 38.6 Å². The van der Waals surface area contributed by atoms with Gasteiger partial charge in [0.05, 0.1) is 29.5 Å². The second-order valence-electron chi connectivity index (χ2n) is 16.0. The molecule has 4 aromatic heterocycles. The smallest absolute Gasteiger partial charge is 0.329 e. The highest BCUT2D eigenvalue weighted by Crippen LogP contribution is 2.51. The molecule has 4 fully saturated rings. The summed E-state index contributed by atoms with van der Waals surface area (Å²) in [7, 11) is 1.69. The number of anilines is 1. The number of fused-ring (bicyclic) bond motifs is 2. The predicted octanol–water partition coefficient (Wildman–Crippen LogP) is 4.80. The Balaban J connectivity index is 0.763. The molecule has 5 aromatic rings. The van der Waals surface area contributed by atoms with Crippen LogP contribution in [0.3, 0.4) is 0 Å².